The van der Waals surface area contributed by atoms with E-state index in [2.05, 4.69) is 25.5 Å². The van der Waals surface area contributed by atoms with Crippen molar-refractivity contribution in [2.45, 2.75) is 63.1 Å². The van der Waals surface area contributed by atoms with E-state index in [4.69, 9.17) is 5.10 Å². The number of nitrogens with zero attached hydrogens (tertiary/aromatic N) is 7. The first-order valence-electron chi connectivity index (χ1n) is 11.1. The van der Waals surface area contributed by atoms with Crippen molar-refractivity contribution in [3.63, 3.8) is 0 Å². The fraction of sp³-hybridized carbons (Fsp3) is 0.571. The fourth-order valence-corrected chi connectivity index (χ4v) is 4.74. The number of anilines is 2. The Hall–Kier alpha value is -3.01. The average molecular weight is 425 g/mol. The van der Waals surface area contributed by atoms with Crippen molar-refractivity contribution < 1.29 is 5.11 Å². The lowest BCUT2D eigenvalue weighted by Crippen LogP contribution is -2.45. The molecule has 10 heteroatoms. The van der Waals surface area contributed by atoms with Gasteiger partial charge in [-0.05, 0) is 50.3 Å². The van der Waals surface area contributed by atoms with E-state index in [1.807, 2.05) is 18.2 Å². The molecule has 0 aromatic carbocycles. The van der Waals surface area contributed by atoms with Gasteiger partial charge in [-0.3, -0.25) is 4.79 Å². The number of aliphatic hydroxyl groups excluding tert-OH is 1. The molecule has 1 saturated heterocycles. The molecule has 3 aromatic heterocycles. The summed E-state index contributed by atoms with van der Waals surface area (Å²) in [6.07, 6.45) is 7.89. The van der Waals surface area contributed by atoms with Crippen LogP contribution in [0.1, 0.15) is 51.0 Å². The van der Waals surface area contributed by atoms with Gasteiger partial charge in [0.1, 0.15) is 18.0 Å². The molecule has 0 radical (unpaired) electrons. The lowest BCUT2D eigenvalue weighted by Gasteiger charge is -2.37. The molecule has 1 aliphatic carbocycles. The SMILES string of the molecule is O=c1ccc(N2CCCCC2CNc2ccc3nncn3n2)nn1C1CCCCC1O. The second-order valence-corrected chi connectivity index (χ2v) is 8.47. The molecule has 0 amide bonds. The molecule has 0 bridgehead atoms. The second-order valence-electron chi connectivity index (χ2n) is 8.47. The Labute approximate surface area is 179 Å². The van der Waals surface area contributed by atoms with Crippen molar-refractivity contribution in [3.05, 3.63) is 40.9 Å². The first kappa shape index (κ1) is 19.9. The van der Waals surface area contributed by atoms with Crippen LogP contribution in [0.4, 0.5) is 11.6 Å². The standard InChI is InChI=1S/C21H28N8O2/c30-17-7-2-1-6-16(17)29-21(31)11-10-20(26-29)27-12-4-3-5-15(27)13-22-18-8-9-19-24-23-14-28(19)25-18/h8-11,14-17,30H,1-7,12-13H2,(H,22,25). The van der Waals surface area contributed by atoms with Crippen molar-refractivity contribution in [1.82, 2.24) is 29.6 Å². The van der Waals surface area contributed by atoms with Crippen LogP contribution in [-0.2, 0) is 0 Å². The number of nitrogens with one attached hydrogen (secondary N) is 1. The van der Waals surface area contributed by atoms with Crippen LogP contribution >= 0.6 is 0 Å². The monoisotopic (exact) mass is 424 g/mol. The molecule has 4 heterocycles. The van der Waals surface area contributed by atoms with Gasteiger partial charge in [-0.15, -0.1) is 15.3 Å². The lowest BCUT2D eigenvalue weighted by atomic mass is 9.93. The topological polar surface area (TPSA) is 113 Å². The third-order valence-corrected chi connectivity index (χ3v) is 6.42. The molecule has 31 heavy (non-hydrogen) atoms. The highest BCUT2D eigenvalue weighted by Gasteiger charge is 2.28. The van der Waals surface area contributed by atoms with Crippen molar-refractivity contribution in [2.75, 3.05) is 23.3 Å². The van der Waals surface area contributed by atoms with Gasteiger partial charge in [0.05, 0.1) is 12.1 Å². The Bertz CT molecular complexity index is 1100. The predicted molar refractivity (Wildman–Crippen MR) is 116 cm³/mol. The molecule has 2 aliphatic rings. The molecule has 2 fully saturated rings. The number of hydrogen-bond donors (Lipinski definition) is 2. The van der Waals surface area contributed by atoms with E-state index in [0.29, 0.717) is 12.2 Å². The first-order chi connectivity index (χ1) is 15.2. The zero-order valence-corrected chi connectivity index (χ0v) is 17.5. The summed E-state index contributed by atoms with van der Waals surface area (Å²) in [4.78, 5) is 14.8. The maximum Gasteiger partial charge on any atom is 0.267 e. The Morgan fingerprint density at radius 1 is 1.03 bits per heavy atom. The molecule has 164 valence electrons. The maximum atomic E-state index is 12.5. The highest BCUT2D eigenvalue weighted by Crippen LogP contribution is 2.28. The zero-order valence-electron chi connectivity index (χ0n) is 17.5. The zero-order chi connectivity index (χ0) is 21.2. The third-order valence-electron chi connectivity index (χ3n) is 6.42. The number of piperidine rings is 1. The predicted octanol–water partition coefficient (Wildman–Crippen LogP) is 1.63. The van der Waals surface area contributed by atoms with Gasteiger partial charge in [0.15, 0.2) is 5.65 Å². The smallest absolute Gasteiger partial charge is 0.267 e. The maximum absolute atomic E-state index is 12.5. The summed E-state index contributed by atoms with van der Waals surface area (Å²) in [5.41, 5.74) is 0.564. The minimum atomic E-state index is -0.508. The summed E-state index contributed by atoms with van der Waals surface area (Å²) in [5, 5.41) is 30.9. The van der Waals surface area contributed by atoms with Crippen LogP contribution in [0.3, 0.4) is 0 Å². The molecule has 3 aromatic rings. The van der Waals surface area contributed by atoms with Gasteiger partial charge in [-0.25, -0.2) is 4.68 Å². The fourth-order valence-electron chi connectivity index (χ4n) is 4.74. The minimum Gasteiger partial charge on any atom is -0.391 e. The summed E-state index contributed by atoms with van der Waals surface area (Å²) in [7, 11) is 0. The van der Waals surface area contributed by atoms with Gasteiger partial charge in [-0.2, -0.15) is 9.61 Å². The van der Waals surface area contributed by atoms with Crippen LogP contribution in [0, 0.1) is 0 Å². The van der Waals surface area contributed by atoms with E-state index in [-0.39, 0.29) is 17.6 Å². The van der Waals surface area contributed by atoms with E-state index in [1.165, 1.54) is 4.68 Å². The van der Waals surface area contributed by atoms with Crippen LogP contribution in [0.25, 0.3) is 5.65 Å². The van der Waals surface area contributed by atoms with E-state index >= 15 is 0 Å². The van der Waals surface area contributed by atoms with Gasteiger partial charge >= 0.3 is 0 Å². The van der Waals surface area contributed by atoms with Crippen molar-refractivity contribution in [3.8, 4) is 0 Å². The van der Waals surface area contributed by atoms with Gasteiger partial charge in [0.25, 0.3) is 5.56 Å². The number of fused-ring (bicyclic) bond motifs is 1. The highest BCUT2D eigenvalue weighted by molar-refractivity contribution is 5.44. The highest BCUT2D eigenvalue weighted by atomic mass is 16.3. The van der Waals surface area contributed by atoms with Gasteiger partial charge < -0.3 is 15.3 Å². The second kappa shape index (κ2) is 8.62. The van der Waals surface area contributed by atoms with E-state index in [0.717, 1.165) is 63.1 Å². The molecular weight excluding hydrogens is 396 g/mol. The molecule has 5 rings (SSSR count). The van der Waals surface area contributed by atoms with Crippen molar-refractivity contribution in [1.29, 1.82) is 0 Å². The quantitative estimate of drug-likeness (QED) is 0.635. The van der Waals surface area contributed by atoms with E-state index in [9.17, 15) is 9.90 Å². The van der Waals surface area contributed by atoms with Crippen LogP contribution in [0.5, 0.6) is 0 Å². The van der Waals surface area contributed by atoms with Crippen LogP contribution < -0.4 is 15.8 Å². The van der Waals surface area contributed by atoms with E-state index in [1.54, 1.807) is 16.9 Å². The van der Waals surface area contributed by atoms with Crippen LogP contribution in [-0.4, -0.2) is 59.9 Å². The lowest BCUT2D eigenvalue weighted by molar-refractivity contribution is 0.0669. The molecule has 3 unspecified atom stereocenters. The number of aromatic nitrogens is 6. The molecule has 1 saturated carbocycles. The summed E-state index contributed by atoms with van der Waals surface area (Å²) >= 11 is 0. The van der Waals surface area contributed by atoms with Crippen LogP contribution in [0.2, 0.25) is 0 Å². The molecule has 1 aliphatic heterocycles. The van der Waals surface area contributed by atoms with Gasteiger partial charge in [0, 0.05) is 25.2 Å². The number of aliphatic hydroxyl groups is 1. The van der Waals surface area contributed by atoms with Crippen molar-refractivity contribution in [2.24, 2.45) is 0 Å². The Balaban J connectivity index is 1.35. The number of rotatable bonds is 5. The molecule has 2 N–H and O–H groups in total. The van der Waals surface area contributed by atoms with Gasteiger partial charge in [-0.1, -0.05) is 12.8 Å². The van der Waals surface area contributed by atoms with Crippen molar-refractivity contribution >= 4 is 17.3 Å². The number of hydrogen-bond acceptors (Lipinski definition) is 8. The Kier molecular flexibility index (Phi) is 5.54. The molecule has 0 spiro atoms. The third kappa shape index (κ3) is 4.12. The normalized spacial score (nSPS) is 24.4. The Morgan fingerprint density at radius 2 is 1.90 bits per heavy atom. The van der Waals surface area contributed by atoms with Gasteiger partial charge in [0.2, 0.25) is 0 Å². The first-order valence-corrected chi connectivity index (χ1v) is 11.1. The summed E-state index contributed by atoms with van der Waals surface area (Å²) in [6, 6.07) is 7.19. The molecule has 3 atom stereocenters. The van der Waals surface area contributed by atoms with E-state index < -0.39 is 6.10 Å². The average Bonchev–Trinajstić information content (AvgIpc) is 3.27. The summed E-state index contributed by atoms with van der Waals surface area (Å²) < 4.78 is 3.16. The largest absolute Gasteiger partial charge is 0.391 e. The molecule has 10 nitrogen and oxygen atoms in total. The molecular formula is C21H28N8O2. The summed E-state index contributed by atoms with van der Waals surface area (Å²) in [5.74, 6) is 1.56. The summed E-state index contributed by atoms with van der Waals surface area (Å²) in [6.45, 7) is 1.61. The minimum absolute atomic E-state index is 0.146. The Morgan fingerprint density at radius 3 is 2.81 bits per heavy atom. The van der Waals surface area contributed by atoms with Crippen LogP contribution in [0.15, 0.2) is 35.4 Å².